The molecule has 0 atom stereocenters. The minimum atomic E-state index is 0.789. The molecule has 35 heavy (non-hydrogen) atoms. The molecular formula is C30H35N5. The fourth-order valence-electron chi connectivity index (χ4n) is 6.12. The summed E-state index contributed by atoms with van der Waals surface area (Å²) in [5.41, 5.74) is 8.04. The molecule has 0 N–H and O–H groups in total. The number of hydrogen-bond donors (Lipinski definition) is 0. The van der Waals surface area contributed by atoms with Crippen molar-refractivity contribution in [3.8, 4) is 11.1 Å². The summed E-state index contributed by atoms with van der Waals surface area (Å²) in [6.07, 6.45) is 6.40. The molecule has 1 aliphatic heterocycles. The van der Waals surface area contributed by atoms with Gasteiger partial charge in [-0.15, -0.1) is 0 Å². The SMILES string of the molecule is Cc1nc2c(-c3ccccc3)c(C)nn2c(N2CCN(C3CCCC3)CC2)c1Cc1ccccc1. The van der Waals surface area contributed by atoms with E-state index in [1.807, 2.05) is 0 Å². The molecule has 0 unspecified atom stereocenters. The van der Waals surface area contributed by atoms with Gasteiger partial charge in [0.15, 0.2) is 5.65 Å². The molecule has 2 fully saturated rings. The van der Waals surface area contributed by atoms with Gasteiger partial charge in [-0.2, -0.15) is 9.61 Å². The molecule has 0 radical (unpaired) electrons. The Labute approximate surface area is 208 Å². The van der Waals surface area contributed by atoms with Gasteiger partial charge in [-0.05, 0) is 37.8 Å². The van der Waals surface area contributed by atoms with E-state index in [4.69, 9.17) is 10.1 Å². The summed E-state index contributed by atoms with van der Waals surface area (Å²) in [6.45, 7) is 8.62. The van der Waals surface area contributed by atoms with E-state index in [0.29, 0.717) is 0 Å². The maximum Gasteiger partial charge on any atom is 0.165 e. The van der Waals surface area contributed by atoms with Crippen molar-refractivity contribution in [1.29, 1.82) is 0 Å². The molecular weight excluding hydrogens is 430 g/mol. The number of rotatable bonds is 5. The highest BCUT2D eigenvalue weighted by atomic mass is 15.4. The van der Waals surface area contributed by atoms with Crippen molar-refractivity contribution in [2.24, 2.45) is 0 Å². The van der Waals surface area contributed by atoms with Gasteiger partial charge >= 0.3 is 0 Å². The predicted octanol–water partition coefficient (Wildman–Crippen LogP) is 5.67. The largest absolute Gasteiger partial charge is 0.354 e. The fourth-order valence-corrected chi connectivity index (χ4v) is 6.12. The monoisotopic (exact) mass is 465 g/mol. The molecule has 5 nitrogen and oxygen atoms in total. The predicted molar refractivity (Wildman–Crippen MR) is 143 cm³/mol. The average Bonchev–Trinajstić information content (AvgIpc) is 3.54. The molecule has 4 aromatic rings. The molecule has 1 aliphatic carbocycles. The molecule has 3 heterocycles. The summed E-state index contributed by atoms with van der Waals surface area (Å²) in [7, 11) is 0. The van der Waals surface area contributed by atoms with Crippen LogP contribution in [0.2, 0.25) is 0 Å². The highest BCUT2D eigenvalue weighted by molar-refractivity contribution is 5.81. The Morgan fingerprint density at radius 1 is 0.800 bits per heavy atom. The Hall–Kier alpha value is -3.18. The van der Waals surface area contributed by atoms with Crippen molar-refractivity contribution in [3.05, 3.63) is 83.2 Å². The average molecular weight is 466 g/mol. The normalized spacial score (nSPS) is 17.5. The molecule has 2 aromatic carbocycles. The van der Waals surface area contributed by atoms with Crippen molar-refractivity contribution in [1.82, 2.24) is 19.5 Å². The summed E-state index contributed by atoms with van der Waals surface area (Å²) in [5.74, 6) is 1.23. The third-order valence-electron chi connectivity index (χ3n) is 7.96. The molecule has 0 bridgehead atoms. The van der Waals surface area contributed by atoms with E-state index in [0.717, 1.165) is 61.2 Å². The second-order valence-corrected chi connectivity index (χ2v) is 10.2. The van der Waals surface area contributed by atoms with Gasteiger partial charge in [0.05, 0.1) is 5.69 Å². The van der Waals surface area contributed by atoms with Crippen LogP contribution in [0.5, 0.6) is 0 Å². The first-order valence-electron chi connectivity index (χ1n) is 13.2. The zero-order chi connectivity index (χ0) is 23.8. The molecule has 2 aromatic heterocycles. The van der Waals surface area contributed by atoms with Crippen molar-refractivity contribution >= 4 is 11.5 Å². The van der Waals surface area contributed by atoms with Crippen LogP contribution in [0.1, 0.15) is 48.2 Å². The summed E-state index contributed by atoms with van der Waals surface area (Å²) in [4.78, 5) is 10.5. The lowest BCUT2D eigenvalue weighted by Crippen LogP contribution is -2.50. The number of benzene rings is 2. The van der Waals surface area contributed by atoms with E-state index >= 15 is 0 Å². The minimum Gasteiger partial charge on any atom is -0.354 e. The summed E-state index contributed by atoms with van der Waals surface area (Å²) in [5, 5.41) is 5.10. The van der Waals surface area contributed by atoms with Crippen LogP contribution in [0.15, 0.2) is 60.7 Å². The van der Waals surface area contributed by atoms with Gasteiger partial charge in [0.25, 0.3) is 0 Å². The molecule has 180 valence electrons. The summed E-state index contributed by atoms with van der Waals surface area (Å²) < 4.78 is 2.15. The van der Waals surface area contributed by atoms with Crippen LogP contribution >= 0.6 is 0 Å². The van der Waals surface area contributed by atoms with E-state index in [1.54, 1.807) is 0 Å². The maximum absolute atomic E-state index is 5.17. The number of aryl methyl sites for hydroxylation is 2. The first-order valence-corrected chi connectivity index (χ1v) is 13.2. The summed E-state index contributed by atoms with van der Waals surface area (Å²) in [6, 6.07) is 22.2. The summed E-state index contributed by atoms with van der Waals surface area (Å²) >= 11 is 0. The Kier molecular flexibility index (Phi) is 6.03. The highest BCUT2D eigenvalue weighted by Crippen LogP contribution is 2.34. The zero-order valence-electron chi connectivity index (χ0n) is 21.0. The van der Waals surface area contributed by atoms with Gasteiger partial charge in [-0.25, -0.2) is 4.98 Å². The number of nitrogens with zero attached hydrogens (tertiary/aromatic N) is 5. The van der Waals surface area contributed by atoms with Crippen molar-refractivity contribution < 1.29 is 0 Å². The van der Waals surface area contributed by atoms with Gasteiger partial charge < -0.3 is 4.90 Å². The quantitative estimate of drug-likeness (QED) is 0.381. The number of hydrogen-bond acceptors (Lipinski definition) is 4. The number of anilines is 1. The molecule has 6 rings (SSSR count). The molecule has 2 aliphatic rings. The van der Waals surface area contributed by atoms with Crippen LogP contribution in [0.25, 0.3) is 16.8 Å². The standard InChI is InChI=1S/C30H35N5/c1-22-27(21-24-11-5-3-6-12-24)30(34-19-17-33(18-20-34)26-15-9-10-16-26)35-29(31-22)28(23(2)32-35)25-13-7-4-8-14-25/h3-8,11-14,26H,9-10,15-21H2,1-2H3. The van der Waals surface area contributed by atoms with Gasteiger partial charge in [0.1, 0.15) is 5.82 Å². The molecule has 0 amide bonds. The van der Waals surface area contributed by atoms with Crippen LogP contribution in [-0.2, 0) is 6.42 Å². The second kappa shape index (κ2) is 9.46. The molecule has 5 heteroatoms. The number of fused-ring (bicyclic) bond motifs is 1. The van der Waals surface area contributed by atoms with Crippen molar-refractivity contribution in [2.75, 3.05) is 31.1 Å². The fraction of sp³-hybridized carbons (Fsp3) is 0.400. The highest BCUT2D eigenvalue weighted by Gasteiger charge is 2.29. The maximum atomic E-state index is 5.17. The molecule has 1 saturated heterocycles. The lowest BCUT2D eigenvalue weighted by atomic mass is 10.0. The van der Waals surface area contributed by atoms with E-state index in [2.05, 4.69) is 88.8 Å². The smallest absolute Gasteiger partial charge is 0.165 e. The third kappa shape index (κ3) is 4.23. The van der Waals surface area contributed by atoms with Crippen molar-refractivity contribution in [3.63, 3.8) is 0 Å². The molecule has 1 saturated carbocycles. The van der Waals surface area contributed by atoms with Gasteiger partial charge in [-0.3, -0.25) is 4.90 Å². The Bertz CT molecular complexity index is 1300. The van der Waals surface area contributed by atoms with E-state index < -0.39 is 0 Å². The Morgan fingerprint density at radius 3 is 2.14 bits per heavy atom. The number of aromatic nitrogens is 3. The van der Waals surface area contributed by atoms with Crippen LogP contribution in [0.4, 0.5) is 5.82 Å². The van der Waals surface area contributed by atoms with Crippen LogP contribution in [0, 0.1) is 13.8 Å². The van der Waals surface area contributed by atoms with E-state index in [-0.39, 0.29) is 0 Å². The third-order valence-corrected chi connectivity index (χ3v) is 7.96. The minimum absolute atomic E-state index is 0.789. The van der Waals surface area contributed by atoms with Crippen LogP contribution in [-0.4, -0.2) is 51.7 Å². The van der Waals surface area contributed by atoms with Crippen molar-refractivity contribution in [2.45, 2.75) is 52.0 Å². The zero-order valence-corrected chi connectivity index (χ0v) is 21.0. The van der Waals surface area contributed by atoms with E-state index in [9.17, 15) is 0 Å². The molecule has 0 spiro atoms. The van der Waals surface area contributed by atoms with Crippen LogP contribution in [0.3, 0.4) is 0 Å². The lowest BCUT2D eigenvalue weighted by Gasteiger charge is -2.39. The van der Waals surface area contributed by atoms with Crippen LogP contribution < -0.4 is 4.90 Å². The van der Waals surface area contributed by atoms with E-state index in [1.165, 1.54) is 48.2 Å². The first-order chi connectivity index (χ1) is 17.2. The Morgan fingerprint density at radius 2 is 1.46 bits per heavy atom. The number of piperazine rings is 1. The topological polar surface area (TPSA) is 36.7 Å². The lowest BCUT2D eigenvalue weighted by molar-refractivity contribution is 0.187. The van der Waals surface area contributed by atoms with Gasteiger partial charge in [0, 0.05) is 55.5 Å². The first kappa shape index (κ1) is 22.3. The van der Waals surface area contributed by atoms with Gasteiger partial charge in [-0.1, -0.05) is 73.5 Å². The second-order valence-electron chi connectivity index (χ2n) is 10.2. The van der Waals surface area contributed by atoms with Gasteiger partial charge in [0.2, 0.25) is 0 Å². The Balaban J connectivity index is 1.45.